The first-order chi connectivity index (χ1) is 13.1. The highest BCUT2D eigenvalue weighted by Gasteiger charge is 2.20. The Morgan fingerprint density at radius 1 is 1.15 bits per heavy atom. The first-order valence-corrected chi connectivity index (χ1v) is 9.68. The van der Waals surface area contributed by atoms with E-state index >= 15 is 0 Å². The molecule has 2 atom stereocenters. The van der Waals surface area contributed by atoms with Crippen molar-refractivity contribution in [3.05, 3.63) is 59.7 Å². The summed E-state index contributed by atoms with van der Waals surface area (Å²) in [5, 5.41) is 12.2. The Kier molecular flexibility index (Phi) is 8.03. The van der Waals surface area contributed by atoms with Crippen LogP contribution in [0.5, 0.6) is 0 Å². The van der Waals surface area contributed by atoms with Crippen molar-refractivity contribution in [2.45, 2.75) is 52.1 Å². The summed E-state index contributed by atoms with van der Waals surface area (Å²) in [6.07, 6.45) is 4.45. The molecule has 2 unspecified atom stereocenters. The number of nitrogens with one attached hydrogen (secondary N) is 1. The van der Waals surface area contributed by atoms with Gasteiger partial charge in [-0.1, -0.05) is 75.6 Å². The summed E-state index contributed by atoms with van der Waals surface area (Å²) in [5.41, 5.74) is 9.66. The third-order valence-electron chi connectivity index (χ3n) is 4.96. The number of carbonyl (C=O) groups excluding carboxylic acids is 1. The minimum Gasteiger partial charge on any atom is -0.351 e. The molecule has 0 fully saturated rings. The lowest BCUT2D eigenvalue weighted by Crippen LogP contribution is -2.44. The third kappa shape index (κ3) is 5.94. The molecule has 4 heteroatoms. The first-order valence-electron chi connectivity index (χ1n) is 9.68. The maximum absolute atomic E-state index is 12.3. The fraction of sp³-hybridized carbons (Fsp3) is 0.391. The van der Waals surface area contributed by atoms with Crippen molar-refractivity contribution >= 4 is 5.91 Å². The van der Waals surface area contributed by atoms with Crippen molar-refractivity contribution in [1.29, 1.82) is 5.26 Å². The van der Waals surface area contributed by atoms with Gasteiger partial charge in [-0.2, -0.15) is 5.26 Å². The second-order valence-corrected chi connectivity index (χ2v) is 7.07. The van der Waals surface area contributed by atoms with Gasteiger partial charge >= 0.3 is 0 Å². The molecule has 2 aromatic carbocycles. The molecule has 0 saturated heterocycles. The number of hydrogen-bond acceptors (Lipinski definition) is 3. The SMILES string of the molecule is CCCCCC(C)C(N)C(=O)NCc1ccc(-c2ccccc2C#N)cc1. The fourth-order valence-corrected chi connectivity index (χ4v) is 3.10. The molecule has 0 saturated carbocycles. The molecule has 0 aliphatic rings. The third-order valence-corrected chi connectivity index (χ3v) is 4.96. The van der Waals surface area contributed by atoms with Crippen molar-refractivity contribution in [1.82, 2.24) is 5.32 Å². The van der Waals surface area contributed by atoms with Crippen LogP contribution in [0.4, 0.5) is 0 Å². The molecule has 0 aliphatic carbocycles. The van der Waals surface area contributed by atoms with Crippen molar-refractivity contribution in [3.63, 3.8) is 0 Å². The Morgan fingerprint density at radius 2 is 1.85 bits per heavy atom. The maximum Gasteiger partial charge on any atom is 0.237 e. The molecule has 2 rings (SSSR count). The van der Waals surface area contributed by atoms with Crippen LogP contribution in [0, 0.1) is 17.2 Å². The van der Waals surface area contributed by atoms with Gasteiger partial charge in [0.25, 0.3) is 0 Å². The standard InChI is InChI=1S/C23H29N3O/c1-3-4-5-8-17(2)22(25)23(27)26-16-18-11-13-19(14-12-18)21-10-7-6-9-20(21)15-24/h6-7,9-14,17,22H,3-5,8,16,25H2,1-2H3,(H,26,27). The van der Waals surface area contributed by atoms with Gasteiger partial charge in [0.1, 0.15) is 0 Å². The maximum atomic E-state index is 12.3. The van der Waals surface area contributed by atoms with Crippen LogP contribution in [0.3, 0.4) is 0 Å². The quantitative estimate of drug-likeness (QED) is 0.649. The van der Waals surface area contributed by atoms with Crippen molar-refractivity contribution in [2.24, 2.45) is 11.7 Å². The van der Waals surface area contributed by atoms with E-state index in [1.54, 1.807) is 0 Å². The van der Waals surface area contributed by atoms with E-state index in [1.807, 2.05) is 55.5 Å². The van der Waals surface area contributed by atoms with Crippen LogP contribution in [-0.4, -0.2) is 11.9 Å². The second kappa shape index (κ2) is 10.5. The summed E-state index contributed by atoms with van der Waals surface area (Å²) in [6, 6.07) is 17.2. The summed E-state index contributed by atoms with van der Waals surface area (Å²) in [4.78, 5) is 12.3. The van der Waals surface area contributed by atoms with Gasteiger partial charge in [-0.15, -0.1) is 0 Å². The zero-order valence-electron chi connectivity index (χ0n) is 16.2. The largest absolute Gasteiger partial charge is 0.351 e. The van der Waals surface area contributed by atoms with E-state index in [1.165, 1.54) is 12.8 Å². The first kappa shape index (κ1) is 20.7. The highest BCUT2D eigenvalue weighted by Crippen LogP contribution is 2.23. The van der Waals surface area contributed by atoms with E-state index in [0.717, 1.165) is 29.5 Å². The van der Waals surface area contributed by atoms with Crippen LogP contribution in [0.2, 0.25) is 0 Å². The lowest BCUT2D eigenvalue weighted by molar-refractivity contribution is -0.123. The molecule has 0 spiro atoms. The summed E-state index contributed by atoms with van der Waals surface area (Å²) >= 11 is 0. The monoisotopic (exact) mass is 363 g/mol. The van der Waals surface area contributed by atoms with Gasteiger partial charge in [0.2, 0.25) is 5.91 Å². The predicted octanol–water partition coefficient (Wildman–Crippen LogP) is 4.39. The van der Waals surface area contributed by atoms with E-state index in [-0.39, 0.29) is 11.8 Å². The number of benzene rings is 2. The number of carbonyl (C=O) groups is 1. The zero-order valence-corrected chi connectivity index (χ0v) is 16.2. The number of amides is 1. The Morgan fingerprint density at radius 3 is 2.52 bits per heavy atom. The topological polar surface area (TPSA) is 78.9 Å². The lowest BCUT2D eigenvalue weighted by atomic mass is 9.95. The molecular formula is C23H29N3O. The zero-order chi connectivity index (χ0) is 19.6. The number of unbranched alkanes of at least 4 members (excludes halogenated alkanes) is 2. The lowest BCUT2D eigenvalue weighted by Gasteiger charge is -2.19. The minimum absolute atomic E-state index is 0.0992. The van der Waals surface area contributed by atoms with Crippen LogP contribution in [0.1, 0.15) is 50.7 Å². The molecule has 1 amide bonds. The number of nitrogens with two attached hydrogens (primary N) is 1. The Bertz CT molecular complexity index is 777. The average Bonchev–Trinajstić information content (AvgIpc) is 2.71. The molecule has 3 N–H and O–H groups in total. The van der Waals surface area contributed by atoms with E-state index < -0.39 is 6.04 Å². The van der Waals surface area contributed by atoms with Gasteiger partial charge in [-0.3, -0.25) is 4.79 Å². The summed E-state index contributed by atoms with van der Waals surface area (Å²) in [5.74, 6) is 0.0827. The van der Waals surface area contributed by atoms with Crippen LogP contribution in [0.15, 0.2) is 48.5 Å². The van der Waals surface area contributed by atoms with E-state index in [4.69, 9.17) is 5.73 Å². The van der Waals surface area contributed by atoms with E-state index in [9.17, 15) is 10.1 Å². The molecule has 0 bridgehead atoms. The minimum atomic E-state index is -0.469. The Labute approximate surface area is 162 Å². The van der Waals surface area contributed by atoms with E-state index in [0.29, 0.717) is 12.1 Å². The smallest absolute Gasteiger partial charge is 0.237 e. The Balaban J connectivity index is 1.91. The van der Waals surface area contributed by atoms with Gasteiger partial charge in [0, 0.05) is 6.54 Å². The average molecular weight is 364 g/mol. The van der Waals surface area contributed by atoms with Crippen LogP contribution >= 0.6 is 0 Å². The molecule has 2 aromatic rings. The van der Waals surface area contributed by atoms with Crippen LogP contribution < -0.4 is 11.1 Å². The van der Waals surface area contributed by atoms with Gasteiger partial charge in [-0.25, -0.2) is 0 Å². The molecule has 27 heavy (non-hydrogen) atoms. The summed E-state index contributed by atoms with van der Waals surface area (Å²) < 4.78 is 0. The number of nitriles is 1. The van der Waals surface area contributed by atoms with Crippen LogP contribution in [-0.2, 0) is 11.3 Å². The van der Waals surface area contributed by atoms with Crippen LogP contribution in [0.25, 0.3) is 11.1 Å². The predicted molar refractivity (Wildman–Crippen MR) is 110 cm³/mol. The number of nitrogens with zero attached hydrogens (tertiary/aromatic N) is 1. The fourth-order valence-electron chi connectivity index (χ4n) is 3.10. The summed E-state index contributed by atoms with van der Waals surface area (Å²) in [7, 11) is 0. The molecule has 4 nitrogen and oxygen atoms in total. The van der Waals surface area contributed by atoms with E-state index in [2.05, 4.69) is 18.3 Å². The van der Waals surface area contributed by atoms with Gasteiger partial charge in [-0.05, 0) is 35.1 Å². The second-order valence-electron chi connectivity index (χ2n) is 7.07. The van der Waals surface area contributed by atoms with Crippen molar-refractivity contribution < 1.29 is 4.79 Å². The highest BCUT2D eigenvalue weighted by molar-refractivity contribution is 5.81. The van der Waals surface area contributed by atoms with Gasteiger partial charge < -0.3 is 11.1 Å². The molecule has 0 aliphatic heterocycles. The highest BCUT2D eigenvalue weighted by atomic mass is 16.2. The van der Waals surface area contributed by atoms with Gasteiger partial charge in [0.15, 0.2) is 0 Å². The molecule has 0 aromatic heterocycles. The Hall–Kier alpha value is -2.64. The number of rotatable bonds is 9. The summed E-state index contributed by atoms with van der Waals surface area (Å²) in [6.45, 7) is 4.66. The van der Waals surface area contributed by atoms with Gasteiger partial charge in [0.05, 0.1) is 17.7 Å². The van der Waals surface area contributed by atoms with Crippen molar-refractivity contribution in [3.8, 4) is 17.2 Å². The molecule has 0 radical (unpaired) electrons. The molecular weight excluding hydrogens is 334 g/mol. The number of hydrogen-bond donors (Lipinski definition) is 2. The normalized spacial score (nSPS) is 12.8. The molecule has 142 valence electrons. The van der Waals surface area contributed by atoms with Crippen molar-refractivity contribution in [2.75, 3.05) is 0 Å². The molecule has 0 heterocycles.